The van der Waals surface area contributed by atoms with Crippen LogP contribution in [0.4, 0.5) is 5.69 Å². The highest BCUT2D eigenvalue weighted by Crippen LogP contribution is 2.24. The van der Waals surface area contributed by atoms with E-state index in [1.54, 1.807) is 11.3 Å². The molecule has 2 aromatic heterocycles. The number of nitrogens with zero attached hydrogens (tertiary/aromatic N) is 2. The van der Waals surface area contributed by atoms with E-state index in [2.05, 4.69) is 33.9 Å². The molecule has 3 rings (SSSR count). The average molecular weight is 292 g/mol. The van der Waals surface area contributed by atoms with Gasteiger partial charge in [0.2, 0.25) is 0 Å². The number of thiazole rings is 1. The van der Waals surface area contributed by atoms with E-state index >= 15 is 0 Å². The molecule has 0 aliphatic carbocycles. The zero-order valence-electron chi connectivity index (χ0n) is 10.8. The molecule has 0 fully saturated rings. The highest BCUT2D eigenvalue weighted by Gasteiger charge is 2.09. The molecule has 0 aliphatic heterocycles. The molecule has 1 aromatic carbocycles. The van der Waals surface area contributed by atoms with Crippen LogP contribution in [0.15, 0.2) is 29.8 Å². The average Bonchev–Trinajstić information content (AvgIpc) is 2.92. The van der Waals surface area contributed by atoms with Crippen LogP contribution < -0.4 is 5.32 Å². The molecule has 0 saturated carbocycles. The summed E-state index contributed by atoms with van der Waals surface area (Å²) in [7, 11) is 0. The van der Waals surface area contributed by atoms with Crippen LogP contribution in [0.1, 0.15) is 17.0 Å². The van der Waals surface area contributed by atoms with E-state index in [1.165, 1.54) is 11.3 Å². The van der Waals surface area contributed by atoms with Crippen molar-refractivity contribution in [1.29, 1.82) is 0 Å². The fourth-order valence-electron chi connectivity index (χ4n) is 2.11. The van der Waals surface area contributed by atoms with E-state index in [0.29, 0.717) is 6.54 Å². The number of fused-ring (bicyclic) bond motifs is 1. The second-order valence-corrected chi connectivity index (χ2v) is 5.82. The molecule has 0 saturated heterocycles. The number of hydrogen-bond donors (Lipinski definition) is 1. The van der Waals surface area contributed by atoms with Gasteiger partial charge in [-0.1, -0.05) is 17.7 Å². The SMILES string of the molecule is Cc1ccc(Cl)c(NCc2c(C)nc3sccn23)c1. The summed E-state index contributed by atoms with van der Waals surface area (Å²) in [5.41, 5.74) is 4.39. The molecule has 0 spiro atoms. The maximum atomic E-state index is 6.19. The Hall–Kier alpha value is -1.52. The first-order valence-corrected chi connectivity index (χ1v) is 7.32. The van der Waals surface area contributed by atoms with Gasteiger partial charge in [-0.15, -0.1) is 11.3 Å². The summed E-state index contributed by atoms with van der Waals surface area (Å²) < 4.78 is 2.12. The molecule has 3 nitrogen and oxygen atoms in total. The minimum Gasteiger partial charge on any atom is -0.378 e. The first-order chi connectivity index (χ1) is 9.15. The molecule has 19 heavy (non-hydrogen) atoms. The van der Waals surface area contributed by atoms with Crippen LogP contribution in [0.25, 0.3) is 4.96 Å². The van der Waals surface area contributed by atoms with Crippen molar-refractivity contribution in [2.24, 2.45) is 0 Å². The Labute approximate surface area is 120 Å². The molecule has 0 atom stereocenters. The Balaban J connectivity index is 1.87. The van der Waals surface area contributed by atoms with Crippen molar-refractivity contribution >= 4 is 33.6 Å². The van der Waals surface area contributed by atoms with Gasteiger partial charge in [-0.05, 0) is 31.5 Å². The van der Waals surface area contributed by atoms with E-state index < -0.39 is 0 Å². The Kier molecular flexibility index (Phi) is 3.21. The Morgan fingerprint density at radius 2 is 2.21 bits per heavy atom. The third kappa shape index (κ3) is 2.33. The van der Waals surface area contributed by atoms with Crippen molar-refractivity contribution < 1.29 is 0 Å². The molecule has 98 valence electrons. The Morgan fingerprint density at radius 1 is 1.37 bits per heavy atom. The number of rotatable bonds is 3. The predicted octanol–water partition coefficient (Wildman–Crippen LogP) is 4.28. The van der Waals surface area contributed by atoms with E-state index in [4.69, 9.17) is 11.6 Å². The summed E-state index contributed by atoms with van der Waals surface area (Å²) >= 11 is 7.84. The van der Waals surface area contributed by atoms with Gasteiger partial charge in [0.05, 0.1) is 28.6 Å². The lowest BCUT2D eigenvalue weighted by atomic mass is 10.2. The first kappa shape index (κ1) is 12.5. The summed E-state index contributed by atoms with van der Waals surface area (Å²) in [5, 5.41) is 6.18. The molecule has 3 aromatic rings. The molecule has 0 aliphatic rings. The molecule has 2 heterocycles. The normalized spacial score (nSPS) is 11.1. The van der Waals surface area contributed by atoms with Crippen molar-refractivity contribution in [3.63, 3.8) is 0 Å². The summed E-state index contributed by atoms with van der Waals surface area (Å²) in [6, 6.07) is 5.99. The Bertz CT molecular complexity index is 729. The highest BCUT2D eigenvalue weighted by molar-refractivity contribution is 7.15. The van der Waals surface area contributed by atoms with E-state index in [1.807, 2.05) is 24.4 Å². The van der Waals surface area contributed by atoms with Crippen LogP contribution in [-0.4, -0.2) is 9.38 Å². The van der Waals surface area contributed by atoms with Crippen molar-refractivity contribution in [2.75, 3.05) is 5.32 Å². The van der Waals surface area contributed by atoms with E-state index in [9.17, 15) is 0 Å². The number of nitrogens with one attached hydrogen (secondary N) is 1. The second-order valence-electron chi connectivity index (χ2n) is 4.54. The number of halogens is 1. The maximum Gasteiger partial charge on any atom is 0.194 e. The van der Waals surface area contributed by atoms with Crippen molar-refractivity contribution in [1.82, 2.24) is 9.38 Å². The highest BCUT2D eigenvalue weighted by atomic mass is 35.5. The largest absolute Gasteiger partial charge is 0.378 e. The fraction of sp³-hybridized carbons (Fsp3) is 0.214. The zero-order valence-corrected chi connectivity index (χ0v) is 12.3. The van der Waals surface area contributed by atoms with Crippen molar-refractivity contribution in [3.05, 3.63) is 51.7 Å². The second kappa shape index (κ2) is 4.87. The van der Waals surface area contributed by atoms with Gasteiger partial charge in [0.1, 0.15) is 0 Å². The van der Waals surface area contributed by atoms with E-state index in [-0.39, 0.29) is 0 Å². The summed E-state index contributed by atoms with van der Waals surface area (Å²) in [6.07, 6.45) is 2.05. The molecule has 0 unspecified atom stereocenters. The molecule has 1 N–H and O–H groups in total. The van der Waals surface area contributed by atoms with Crippen LogP contribution >= 0.6 is 22.9 Å². The third-order valence-corrected chi connectivity index (χ3v) is 4.22. The number of benzene rings is 1. The van der Waals surface area contributed by atoms with Crippen molar-refractivity contribution in [2.45, 2.75) is 20.4 Å². The topological polar surface area (TPSA) is 29.3 Å². The zero-order chi connectivity index (χ0) is 13.4. The molecular weight excluding hydrogens is 278 g/mol. The minimum atomic E-state index is 0.715. The van der Waals surface area contributed by atoms with Gasteiger partial charge in [-0.2, -0.15) is 0 Å². The first-order valence-electron chi connectivity index (χ1n) is 6.06. The van der Waals surface area contributed by atoms with Crippen LogP contribution in [-0.2, 0) is 6.54 Å². The van der Waals surface area contributed by atoms with E-state index in [0.717, 1.165) is 21.4 Å². The van der Waals surface area contributed by atoms with Gasteiger partial charge in [0, 0.05) is 11.6 Å². The van der Waals surface area contributed by atoms with Gasteiger partial charge >= 0.3 is 0 Å². The molecule has 5 heteroatoms. The number of anilines is 1. The summed E-state index contributed by atoms with van der Waals surface area (Å²) in [6.45, 7) is 4.81. The minimum absolute atomic E-state index is 0.715. The summed E-state index contributed by atoms with van der Waals surface area (Å²) in [4.78, 5) is 5.57. The van der Waals surface area contributed by atoms with Crippen molar-refractivity contribution in [3.8, 4) is 0 Å². The van der Waals surface area contributed by atoms with Crippen LogP contribution in [0, 0.1) is 13.8 Å². The van der Waals surface area contributed by atoms with Gasteiger partial charge in [-0.3, -0.25) is 4.40 Å². The van der Waals surface area contributed by atoms with Gasteiger partial charge in [0.25, 0.3) is 0 Å². The van der Waals surface area contributed by atoms with Crippen LogP contribution in [0.3, 0.4) is 0 Å². The summed E-state index contributed by atoms with van der Waals surface area (Å²) in [5.74, 6) is 0. The van der Waals surface area contributed by atoms with Gasteiger partial charge in [-0.25, -0.2) is 4.98 Å². The molecule has 0 amide bonds. The quantitative estimate of drug-likeness (QED) is 0.780. The Morgan fingerprint density at radius 3 is 3.05 bits per heavy atom. The lowest BCUT2D eigenvalue weighted by Crippen LogP contribution is -2.04. The molecule has 0 bridgehead atoms. The van der Waals surface area contributed by atoms with Crippen LogP contribution in [0.2, 0.25) is 5.02 Å². The number of hydrogen-bond acceptors (Lipinski definition) is 3. The number of aromatic nitrogens is 2. The lowest BCUT2D eigenvalue weighted by molar-refractivity contribution is 0.994. The van der Waals surface area contributed by atoms with Crippen LogP contribution in [0.5, 0.6) is 0 Å². The van der Waals surface area contributed by atoms with Gasteiger partial charge in [0.15, 0.2) is 4.96 Å². The fourth-order valence-corrected chi connectivity index (χ4v) is 3.07. The lowest BCUT2D eigenvalue weighted by Gasteiger charge is -2.09. The molecular formula is C14H14ClN3S. The predicted molar refractivity (Wildman–Crippen MR) is 81.3 cm³/mol. The van der Waals surface area contributed by atoms with Gasteiger partial charge < -0.3 is 5.32 Å². The maximum absolute atomic E-state index is 6.19. The smallest absolute Gasteiger partial charge is 0.194 e. The number of aryl methyl sites for hydroxylation is 2. The monoisotopic (exact) mass is 291 g/mol. The molecule has 0 radical (unpaired) electrons. The number of imidazole rings is 1. The third-order valence-electron chi connectivity index (χ3n) is 3.13. The standard InChI is InChI=1S/C14H14ClN3S/c1-9-3-4-11(15)12(7-9)16-8-13-10(2)17-14-18(13)5-6-19-14/h3-7,16H,8H2,1-2H3.